The van der Waals surface area contributed by atoms with E-state index in [-0.39, 0.29) is 16.3 Å². The first-order valence-electron chi connectivity index (χ1n) is 7.31. The number of nitrogens with two attached hydrogens (primary N) is 1. The smallest absolute Gasteiger partial charge is 0.293 e. The highest BCUT2D eigenvalue weighted by molar-refractivity contribution is 7.89. The fourth-order valence-corrected chi connectivity index (χ4v) is 2.88. The summed E-state index contributed by atoms with van der Waals surface area (Å²) in [5.41, 5.74) is 5.67. The van der Waals surface area contributed by atoms with Crippen LogP contribution in [0.4, 0.5) is 11.4 Å². The van der Waals surface area contributed by atoms with Crippen LogP contribution < -0.4 is 11.1 Å². The maximum absolute atomic E-state index is 12.1. The number of benzene rings is 1. The van der Waals surface area contributed by atoms with Gasteiger partial charge in [-0.2, -0.15) is 0 Å². The van der Waals surface area contributed by atoms with Crippen LogP contribution in [-0.4, -0.2) is 43.8 Å². The molecule has 0 fully saturated rings. The molecule has 9 heteroatoms. The highest BCUT2D eigenvalue weighted by Gasteiger charge is 2.25. The number of sulfonamides is 1. The largest absolute Gasteiger partial charge is 0.378 e. The number of nitrogens with one attached hydrogen (secondary N) is 1. The molecule has 0 aliphatic heterocycles. The van der Waals surface area contributed by atoms with Crippen molar-refractivity contribution in [1.29, 1.82) is 0 Å². The average molecular weight is 344 g/mol. The molecule has 0 aromatic heterocycles. The topological polar surface area (TPSA) is 119 Å². The van der Waals surface area contributed by atoms with E-state index in [1.54, 1.807) is 0 Å². The number of anilines is 1. The van der Waals surface area contributed by atoms with Crippen LogP contribution in [0, 0.1) is 10.1 Å². The van der Waals surface area contributed by atoms with Gasteiger partial charge in [-0.05, 0) is 25.0 Å². The minimum absolute atomic E-state index is 0.121. The minimum Gasteiger partial charge on any atom is -0.378 e. The molecule has 1 aromatic rings. The molecule has 0 aliphatic carbocycles. The predicted octanol–water partition coefficient (Wildman–Crippen LogP) is 1.77. The lowest BCUT2D eigenvalue weighted by atomic mass is 9.94. The van der Waals surface area contributed by atoms with Crippen LogP contribution >= 0.6 is 0 Å². The number of hydrogen-bond donors (Lipinski definition) is 2. The van der Waals surface area contributed by atoms with E-state index in [1.165, 1.54) is 26.2 Å². The number of nitro benzene ring substituents is 1. The summed E-state index contributed by atoms with van der Waals surface area (Å²) >= 11 is 0. The minimum atomic E-state index is -3.73. The first kappa shape index (κ1) is 19.3. The number of nitro groups is 1. The van der Waals surface area contributed by atoms with E-state index < -0.39 is 20.5 Å². The second-order valence-corrected chi connectivity index (χ2v) is 7.80. The molecule has 23 heavy (non-hydrogen) atoms. The Morgan fingerprint density at radius 2 is 1.87 bits per heavy atom. The Morgan fingerprint density at radius 1 is 1.30 bits per heavy atom. The van der Waals surface area contributed by atoms with Crippen molar-refractivity contribution in [3.63, 3.8) is 0 Å². The third-order valence-corrected chi connectivity index (χ3v) is 5.79. The van der Waals surface area contributed by atoms with Crippen molar-refractivity contribution in [1.82, 2.24) is 4.31 Å². The average Bonchev–Trinajstić information content (AvgIpc) is 2.52. The van der Waals surface area contributed by atoms with Crippen molar-refractivity contribution in [3.05, 3.63) is 28.3 Å². The quantitative estimate of drug-likeness (QED) is 0.548. The van der Waals surface area contributed by atoms with Gasteiger partial charge in [-0.1, -0.05) is 13.8 Å². The highest BCUT2D eigenvalue weighted by atomic mass is 32.2. The maximum atomic E-state index is 12.1. The molecule has 1 rings (SSSR count). The highest BCUT2D eigenvalue weighted by Crippen LogP contribution is 2.29. The Hall–Kier alpha value is -1.71. The maximum Gasteiger partial charge on any atom is 0.293 e. The zero-order valence-corrected chi connectivity index (χ0v) is 14.7. The molecule has 0 saturated heterocycles. The molecule has 0 heterocycles. The van der Waals surface area contributed by atoms with Gasteiger partial charge < -0.3 is 11.1 Å². The summed E-state index contributed by atoms with van der Waals surface area (Å²) in [6, 6.07) is 3.81. The Balaban J connectivity index is 3.19. The summed E-state index contributed by atoms with van der Waals surface area (Å²) in [4.78, 5) is 10.5. The summed E-state index contributed by atoms with van der Waals surface area (Å²) < 4.78 is 25.2. The molecule has 1 aromatic carbocycles. The third kappa shape index (κ3) is 4.40. The van der Waals surface area contributed by atoms with Crippen molar-refractivity contribution in [3.8, 4) is 0 Å². The van der Waals surface area contributed by atoms with Gasteiger partial charge >= 0.3 is 0 Å². The van der Waals surface area contributed by atoms with E-state index in [2.05, 4.69) is 5.32 Å². The van der Waals surface area contributed by atoms with E-state index in [9.17, 15) is 18.5 Å². The molecule has 0 saturated carbocycles. The first-order chi connectivity index (χ1) is 10.6. The van der Waals surface area contributed by atoms with Gasteiger partial charge in [0, 0.05) is 32.2 Å². The monoisotopic (exact) mass is 344 g/mol. The number of rotatable bonds is 8. The molecular formula is C14H24N4O4S. The van der Waals surface area contributed by atoms with Gasteiger partial charge in [-0.25, -0.2) is 12.7 Å². The standard InChI is InChI=1S/C14H24N4O4S/c1-5-14(15,6-2)10-16-12-8-7-11(9-13(12)18(19)20)23(21,22)17(3)4/h7-9,16H,5-6,10,15H2,1-4H3. The molecule has 130 valence electrons. The van der Waals surface area contributed by atoms with Gasteiger partial charge in [-0.3, -0.25) is 10.1 Å². The van der Waals surface area contributed by atoms with E-state index in [0.717, 1.165) is 23.2 Å². The van der Waals surface area contributed by atoms with Gasteiger partial charge in [0.15, 0.2) is 0 Å². The van der Waals surface area contributed by atoms with E-state index in [0.29, 0.717) is 6.54 Å². The molecule has 3 N–H and O–H groups in total. The summed E-state index contributed by atoms with van der Waals surface area (Å²) in [7, 11) is -0.979. The second kappa shape index (κ2) is 7.24. The third-order valence-electron chi connectivity index (χ3n) is 3.98. The molecule has 0 radical (unpaired) electrons. The molecule has 0 bridgehead atoms. The molecule has 0 spiro atoms. The SMILES string of the molecule is CCC(N)(CC)CNc1ccc(S(=O)(=O)N(C)C)cc1[N+](=O)[O-]. The van der Waals surface area contributed by atoms with E-state index in [4.69, 9.17) is 5.73 Å². The molecule has 0 unspecified atom stereocenters. The zero-order chi connectivity index (χ0) is 17.8. The lowest BCUT2D eigenvalue weighted by Crippen LogP contribution is -2.45. The van der Waals surface area contributed by atoms with Crippen molar-refractivity contribution >= 4 is 21.4 Å². The van der Waals surface area contributed by atoms with Crippen LogP contribution in [0.5, 0.6) is 0 Å². The fourth-order valence-electron chi connectivity index (χ4n) is 1.95. The van der Waals surface area contributed by atoms with Crippen LogP contribution in [0.25, 0.3) is 0 Å². The Bertz CT molecular complexity index is 669. The van der Waals surface area contributed by atoms with Crippen molar-refractivity contribution < 1.29 is 13.3 Å². The lowest BCUT2D eigenvalue weighted by Gasteiger charge is -2.27. The summed E-state index contributed by atoms with van der Waals surface area (Å²) in [6.07, 6.45) is 1.44. The van der Waals surface area contributed by atoms with Gasteiger partial charge in [0.2, 0.25) is 10.0 Å². The second-order valence-electron chi connectivity index (χ2n) is 5.65. The molecule has 8 nitrogen and oxygen atoms in total. The van der Waals surface area contributed by atoms with Gasteiger partial charge in [0.1, 0.15) is 5.69 Å². The van der Waals surface area contributed by atoms with Crippen LogP contribution in [0.3, 0.4) is 0 Å². The van der Waals surface area contributed by atoms with Crippen LogP contribution in [0.1, 0.15) is 26.7 Å². The molecule has 0 atom stereocenters. The van der Waals surface area contributed by atoms with Gasteiger partial charge in [0.25, 0.3) is 5.69 Å². The summed E-state index contributed by atoms with van der Waals surface area (Å²) in [6.45, 7) is 4.26. The van der Waals surface area contributed by atoms with Crippen LogP contribution in [-0.2, 0) is 10.0 Å². The van der Waals surface area contributed by atoms with Crippen LogP contribution in [0.2, 0.25) is 0 Å². The lowest BCUT2D eigenvalue weighted by molar-refractivity contribution is -0.384. The summed E-state index contributed by atoms with van der Waals surface area (Å²) in [5.74, 6) is 0. The normalized spacial score (nSPS) is 12.4. The van der Waals surface area contributed by atoms with Gasteiger partial charge in [-0.15, -0.1) is 0 Å². The molecule has 0 aliphatic rings. The summed E-state index contributed by atoms with van der Waals surface area (Å²) in [5, 5.41) is 14.2. The van der Waals surface area contributed by atoms with E-state index in [1.807, 2.05) is 13.8 Å². The van der Waals surface area contributed by atoms with Crippen molar-refractivity contribution in [2.24, 2.45) is 5.73 Å². The molecule has 0 amide bonds. The Labute approximate surface area is 136 Å². The Morgan fingerprint density at radius 3 is 2.30 bits per heavy atom. The number of nitrogens with zero attached hydrogens (tertiary/aromatic N) is 2. The van der Waals surface area contributed by atoms with E-state index >= 15 is 0 Å². The number of hydrogen-bond acceptors (Lipinski definition) is 6. The predicted molar refractivity (Wildman–Crippen MR) is 90.0 cm³/mol. The zero-order valence-electron chi connectivity index (χ0n) is 13.9. The van der Waals surface area contributed by atoms with Crippen molar-refractivity contribution in [2.75, 3.05) is 26.0 Å². The Kier molecular flexibility index (Phi) is 6.09. The van der Waals surface area contributed by atoms with Crippen LogP contribution in [0.15, 0.2) is 23.1 Å². The first-order valence-corrected chi connectivity index (χ1v) is 8.75. The molecular weight excluding hydrogens is 320 g/mol. The van der Waals surface area contributed by atoms with Gasteiger partial charge in [0.05, 0.1) is 9.82 Å². The fraction of sp³-hybridized carbons (Fsp3) is 0.571. The van der Waals surface area contributed by atoms with Crippen molar-refractivity contribution in [2.45, 2.75) is 37.1 Å².